The van der Waals surface area contributed by atoms with Crippen LogP contribution in [0.3, 0.4) is 0 Å². The van der Waals surface area contributed by atoms with E-state index in [9.17, 15) is 9.59 Å². The highest BCUT2D eigenvalue weighted by atomic mass is 16.2. The van der Waals surface area contributed by atoms with Crippen LogP contribution in [0.25, 0.3) is 0 Å². The second-order valence-electron chi connectivity index (χ2n) is 8.27. The Bertz CT molecular complexity index is 1050. The molecular weight excluding hydrogens is 366 g/mol. The number of carbonyl (C=O) groups excluding carboxylic acids is 2. The van der Waals surface area contributed by atoms with Gasteiger partial charge in [-0.25, -0.2) is 4.68 Å². The number of amides is 1. The van der Waals surface area contributed by atoms with Gasteiger partial charge in [-0.3, -0.25) is 14.3 Å². The third-order valence-corrected chi connectivity index (χ3v) is 5.05. The van der Waals surface area contributed by atoms with E-state index in [1.807, 2.05) is 0 Å². The minimum atomic E-state index is -0.700. The van der Waals surface area contributed by atoms with Crippen molar-refractivity contribution < 1.29 is 9.59 Å². The fraction of sp³-hybridized carbons (Fsp3) is 0.364. The van der Waals surface area contributed by atoms with Crippen LogP contribution in [0.5, 0.6) is 0 Å². The van der Waals surface area contributed by atoms with E-state index in [-0.39, 0.29) is 5.41 Å². The zero-order chi connectivity index (χ0) is 21.3. The molecule has 1 aromatic carbocycles. The molecule has 1 N–H and O–H groups in total. The van der Waals surface area contributed by atoms with E-state index in [0.29, 0.717) is 29.3 Å². The first-order valence-electron chi connectivity index (χ1n) is 9.55. The quantitative estimate of drug-likeness (QED) is 0.532. The average molecular weight is 393 g/mol. The highest BCUT2D eigenvalue weighted by Gasteiger charge is 2.24. The Balaban J connectivity index is 1.75. The molecule has 3 aromatic rings. The molecule has 2 aromatic heterocycles. The van der Waals surface area contributed by atoms with Crippen LogP contribution in [-0.2, 0) is 23.8 Å². The number of Topliss-reactive ketones (excluding diaryl/α,β-unsaturated/α-hetero) is 1. The molecule has 0 spiro atoms. The summed E-state index contributed by atoms with van der Waals surface area (Å²) in [4.78, 5) is 25.2. The molecule has 2 heterocycles. The topological polar surface area (TPSA) is 81.8 Å². The summed E-state index contributed by atoms with van der Waals surface area (Å²) in [5.74, 6) is -0.827. The van der Waals surface area contributed by atoms with Crippen molar-refractivity contribution in [2.24, 2.45) is 7.05 Å². The summed E-state index contributed by atoms with van der Waals surface area (Å²) in [7, 11) is 1.75. The third kappa shape index (κ3) is 4.29. The predicted octanol–water partition coefficient (Wildman–Crippen LogP) is 3.40. The van der Waals surface area contributed by atoms with Gasteiger partial charge in [0.15, 0.2) is 0 Å². The normalized spacial score (nSPS) is 11.5. The second-order valence-corrected chi connectivity index (χ2v) is 8.27. The van der Waals surface area contributed by atoms with Gasteiger partial charge in [0.05, 0.1) is 24.0 Å². The lowest BCUT2D eigenvalue weighted by Crippen LogP contribution is -2.25. The number of nitrogens with zero attached hydrogens (tertiary/aromatic N) is 4. The molecule has 7 heteroatoms. The SMILES string of the molecule is Cc1nn(C)c(C)c1C(=O)C(=O)Nc1ccnn1Cc1ccc(C(C)(C)C)cc1. The molecule has 3 rings (SSSR count). The molecule has 0 radical (unpaired) electrons. The molecule has 0 bridgehead atoms. The number of rotatable bonds is 5. The Morgan fingerprint density at radius 1 is 1.07 bits per heavy atom. The summed E-state index contributed by atoms with van der Waals surface area (Å²) >= 11 is 0. The Kier molecular flexibility index (Phi) is 5.42. The van der Waals surface area contributed by atoms with Gasteiger partial charge in [0.1, 0.15) is 5.82 Å². The van der Waals surface area contributed by atoms with E-state index in [0.717, 1.165) is 5.56 Å². The van der Waals surface area contributed by atoms with E-state index in [4.69, 9.17) is 0 Å². The van der Waals surface area contributed by atoms with Crippen LogP contribution in [0, 0.1) is 13.8 Å². The van der Waals surface area contributed by atoms with E-state index >= 15 is 0 Å². The van der Waals surface area contributed by atoms with Crippen molar-refractivity contribution in [1.82, 2.24) is 19.6 Å². The number of benzene rings is 1. The Morgan fingerprint density at radius 3 is 2.28 bits per heavy atom. The predicted molar refractivity (Wildman–Crippen MR) is 112 cm³/mol. The molecule has 0 aliphatic rings. The van der Waals surface area contributed by atoms with Crippen molar-refractivity contribution in [3.63, 3.8) is 0 Å². The molecule has 0 atom stereocenters. The molecule has 0 fully saturated rings. The molecule has 152 valence electrons. The smallest absolute Gasteiger partial charge is 0.298 e. The Labute approximate surface area is 170 Å². The Hall–Kier alpha value is -3.22. The highest BCUT2D eigenvalue weighted by molar-refractivity contribution is 6.47. The van der Waals surface area contributed by atoms with Crippen molar-refractivity contribution in [2.75, 3.05) is 5.32 Å². The van der Waals surface area contributed by atoms with Gasteiger partial charge >= 0.3 is 0 Å². The molecule has 1 amide bonds. The van der Waals surface area contributed by atoms with Gasteiger partial charge in [-0.05, 0) is 30.4 Å². The largest absolute Gasteiger partial charge is 0.304 e. The maximum Gasteiger partial charge on any atom is 0.298 e. The number of anilines is 1. The number of aryl methyl sites for hydroxylation is 2. The molecule has 0 saturated heterocycles. The first-order chi connectivity index (χ1) is 13.6. The lowest BCUT2D eigenvalue weighted by Gasteiger charge is -2.19. The number of aromatic nitrogens is 4. The van der Waals surface area contributed by atoms with Crippen LogP contribution in [0.4, 0.5) is 5.82 Å². The highest BCUT2D eigenvalue weighted by Crippen LogP contribution is 2.23. The molecule has 0 saturated carbocycles. The van der Waals surface area contributed by atoms with Gasteiger partial charge in [-0.1, -0.05) is 45.0 Å². The zero-order valence-corrected chi connectivity index (χ0v) is 17.8. The van der Waals surface area contributed by atoms with Crippen molar-refractivity contribution in [3.05, 3.63) is 64.6 Å². The van der Waals surface area contributed by atoms with Crippen LogP contribution in [-0.4, -0.2) is 31.3 Å². The summed E-state index contributed by atoms with van der Waals surface area (Å²) in [6, 6.07) is 10.0. The summed E-state index contributed by atoms with van der Waals surface area (Å²) in [6.45, 7) is 10.5. The molecule has 0 aliphatic heterocycles. The van der Waals surface area contributed by atoms with Crippen molar-refractivity contribution in [3.8, 4) is 0 Å². The second kappa shape index (κ2) is 7.66. The van der Waals surface area contributed by atoms with Gasteiger partial charge in [-0.2, -0.15) is 10.2 Å². The fourth-order valence-corrected chi connectivity index (χ4v) is 3.24. The van der Waals surface area contributed by atoms with E-state index in [1.165, 1.54) is 5.56 Å². The third-order valence-electron chi connectivity index (χ3n) is 5.05. The number of hydrogen-bond acceptors (Lipinski definition) is 4. The van der Waals surface area contributed by atoms with Gasteiger partial charge < -0.3 is 5.32 Å². The zero-order valence-electron chi connectivity index (χ0n) is 17.8. The van der Waals surface area contributed by atoms with Crippen LogP contribution >= 0.6 is 0 Å². The summed E-state index contributed by atoms with van der Waals surface area (Å²) in [5.41, 5.74) is 3.94. The Morgan fingerprint density at radius 2 is 1.72 bits per heavy atom. The lowest BCUT2D eigenvalue weighted by molar-refractivity contribution is -0.112. The van der Waals surface area contributed by atoms with Crippen molar-refractivity contribution >= 4 is 17.5 Å². The number of carbonyl (C=O) groups is 2. The molecule has 0 unspecified atom stereocenters. The van der Waals surface area contributed by atoms with E-state index in [2.05, 4.69) is 60.6 Å². The minimum absolute atomic E-state index is 0.0896. The maximum absolute atomic E-state index is 12.6. The van der Waals surface area contributed by atoms with Crippen LogP contribution in [0.2, 0.25) is 0 Å². The summed E-state index contributed by atoms with van der Waals surface area (Å²) < 4.78 is 3.27. The minimum Gasteiger partial charge on any atom is -0.304 e. The summed E-state index contributed by atoms with van der Waals surface area (Å²) in [5, 5.41) is 11.2. The fourth-order valence-electron chi connectivity index (χ4n) is 3.24. The molecular formula is C22H27N5O2. The van der Waals surface area contributed by atoms with E-state index < -0.39 is 11.7 Å². The molecule has 7 nitrogen and oxygen atoms in total. The maximum atomic E-state index is 12.6. The first kappa shape index (κ1) is 20.5. The van der Waals surface area contributed by atoms with Gasteiger partial charge in [-0.15, -0.1) is 0 Å². The van der Waals surface area contributed by atoms with Gasteiger partial charge in [0.25, 0.3) is 11.7 Å². The standard InChI is InChI=1S/C22H27N5O2/c1-14-19(15(2)26(6)25-14)20(28)21(29)24-18-11-12-23-27(18)13-16-7-9-17(10-8-16)22(3,4)5/h7-12H,13H2,1-6H3,(H,24,29). The number of nitrogens with one attached hydrogen (secondary N) is 1. The van der Waals surface area contributed by atoms with Crippen molar-refractivity contribution in [2.45, 2.75) is 46.6 Å². The number of ketones is 1. The average Bonchev–Trinajstić information content (AvgIpc) is 3.17. The molecule has 0 aliphatic carbocycles. The van der Waals surface area contributed by atoms with Crippen LogP contribution in [0.1, 0.15) is 53.6 Å². The van der Waals surface area contributed by atoms with Crippen LogP contribution < -0.4 is 5.32 Å². The van der Waals surface area contributed by atoms with Crippen LogP contribution in [0.15, 0.2) is 36.5 Å². The lowest BCUT2D eigenvalue weighted by atomic mass is 9.87. The van der Waals surface area contributed by atoms with E-state index in [1.54, 1.807) is 42.5 Å². The summed E-state index contributed by atoms with van der Waals surface area (Å²) in [6.07, 6.45) is 1.60. The first-order valence-corrected chi connectivity index (χ1v) is 9.55. The van der Waals surface area contributed by atoms with Gasteiger partial charge in [0.2, 0.25) is 0 Å². The monoisotopic (exact) mass is 393 g/mol. The molecule has 29 heavy (non-hydrogen) atoms. The number of hydrogen-bond donors (Lipinski definition) is 1. The van der Waals surface area contributed by atoms with Crippen molar-refractivity contribution in [1.29, 1.82) is 0 Å². The van der Waals surface area contributed by atoms with Gasteiger partial charge in [0, 0.05) is 18.8 Å².